The van der Waals surface area contributed by atoms with Crippen molar-refractivity contribution in [3.8, 4) is 11.5 Å². The molecule has 2 aromatic rings. The molecule has 1 amide bonds. The van der Waals surface area contributed by atoms with E-state index in [1.165, 1.54) is 18.1 Å². The maximum Gasteiger partial charge on any atom is 0.308 e. The van der Waals surface area contributed by atoms with E-state index in [2.05, 4.69) is 11.0 Å². The average molecular weight is 529 g/mol. The fraction of sp³-hybridized carbons (Fsp3) is 0.500. The first-order valence-electron chi connectivity index (χ1n) is 14.3. The molecule has 1 spiro atoms. The van der Waals surface area contributed by atoms with Crippen molar-refractivity contribution in [1.82, 2.24) is 9.80 Å². The van der Waals surface area contributed by atoms with Crippen LogP contribution in [0, 0.1) is 11.8 Å². The summed E-state index contributed by atoms with van der Waals surface area (Å²) in [4.78, 5) is 29.9. The van der Waals surface area contributed by atoms with E-state index in [4.69, 9.17) is 9.47 Å². The second-order valence-electron chi connectivity index (χ2n) is 12.1. The molecule has 2 bridgehead atoms. The lowest BCUT2D eigenvalue weighted by Gasteiger charge is -2.60. The third kappa shape index (κ3) is 3.93. The van der Waals surface area contributed by atoms with Gasteiger partial charge in [0, 0.05) is 49.5 Å². The van der Waals surface area contributed by atoms with Gasteiger partial charge in [0.15, 0.2) is 11.5 Å². The van der Waals surface area contributed by atoms with E-state index in [-0.39, 0.29) is 35.5 Å². The number of ether oxygens (including phenoxy) is 2. The monoisotopic (exact) mass is 528 g/mol. The zero-order valence-corrected chi connectivity index (χ0v) is 22.6. The van der Waals surface area contributed by atoms with Crippen molar-refractivity contribution in [2.45, 2.75) is 68.7 Å². The lowest BCUT2D eigenvalue weighted by atomic mass is 9.51. The average Bonchev–Trinajstić information content (AvgIpc) is 3.51. The van der Waals surface area contributed by atoms with E-state index < -0.39 is 0 Å². The smallest absolute Gasteiger partial charge is 0.308 e. The molecular formula is C32H36N2O5. The van der Waals surface area contributed by atoms with Gasteiger partial charge in [0.2, 0.25) is 5.91 Å². The van der Waals surface area contributed by atoms with Crippen LogP contribution in [0.3, 0.4) is 0 Å². The molecule has 7 nitrogen and oxygen atoms in total. The molecule has 204 valence electrons. The first-order valence-corrected chi connectivity index (χ1v) is 14.3. The van der Waals surface area contributed by atoms with Crippen LogP contribution in [0.15, 0.2) is 48.5 Å². The van der Waals surface area contributed by atoms with Crippen molar-refractivity contribution in [1.29, 1.82) is 0 Å². The standard InChI is InChI=1S/C32H36N2O5/c1-19(35)38-27-12-9-21-16-25-23-10-11-24(33(2)28(37)13-8-20-6-4-3-5-7-20)31-32(23,29(21)30(27)39-31)14-15-34(25)18-22-17-26(22)36/h3-9,12-13,22-26,31,36H,10-11,14-18H2,1-2H3/t22?,23-,24-,25+,26?,31-,32-/m0/s1. The van der Waals surface area contributed by atoms with E-state index in [0.29, 0.717) is 29.4 Å². The van der Waals surface area contributed by atoms with Gasteiger partial charge in [-0.1, -0.05) is 36.4 Å². The summed E-state index contributed by atoms with van der Waals surface area (Å²) in [5.74, 6) is 1.58. The largest absolute Gasteiger partial charge is 0.483 e. The van der Waals surface area contributed by atoms with Crippen molar-refractivity contribution in [2.75, 3.05) is 20.1 Å². The van der Waals surface area contributed by atoms with Crippen LogP contribution < -0.4 is 9.47 Å². The number of esters is 1. The van der Waals surface area contributed by atoms with E-state index in [1.54, 1.807) is 6.08 Å². The number of hydrogen-bond acceptors (Lipinski definition) is 6. The van der Waals surface area contributed by atoms with Gasteiger partial charge < -0.3 is 19.5 Å². The molecular weight excluding hydrogens is 492 g/mol. The summed E-state index contributed by atoms with van der Waals surface area (Å²) in [6.45, 7) is 3.31. The number of piperidine rings is 1. The predicted octanol–water partition coefficient (Wildman–Crippen LogP) is 3.57. The Labute approximate surface area is 229 Å². The quantitative estimate of drug-likeness (QED) is 0.351. The fourth-order valence-electron chi connectivity index (χ4n) is 8.19. The molecule has 2 unspecified atom stereocenters. The molecule has 1 N–H and O–H groups in total. The van der Waals surface area contributed by atoms with Crippen LogP contribution in [0.2, 0.25) is 0 Å². The van der Waals surface area contributed by atoms with Crippen LogP contribution in [0.4, 0.5) is 0 Å². The Morgan fingerprint density at radius 3 is 2.74 bits per heavy atom. The number of benzene rings is 2. The third-order valence-corrected chi connectivity index (χ3v) is 10.1. The first kappa shape index (κ1) is 24.9. The molecule has 2 saturated carbocycles. The summed E-state index contributed by atoms with van der Waals surface area (Å²) in [6, 6.07) is 14.2. The van der Waals surface area contributed by atoms with E-state index in [9.17, 15) is 14.7 Å². The number of aliphatic hydroxyl groups excluding tert-OH is 1. The van der Waals surface area contributed by atoms with Gasteiger partial charge in [0.05, 0.1) is 12.1 Å². The molecule has 39 heavy (non-hydrogen) atoms. The highest BCUT2D eigenvalue weighted by molar-refractivity contribution is 5.92. The Balaban J connectivity index is 1.24. The molecule has 1 saturated heterocycles. The maximum atomic E-state index is 13.4. The molecule has 3 aliphatic carbocycles. The summed E-state index contributed by atoms with van der Waals surface area (Å²) < 4.78 is 12.5. The van der Waals surface area contributed by atoms with Crippen molar-refractivity contribution in [3.05, 3.63) is 65.2 Å². The SMILES string of the molecule is CC(=O)Oc1ccc2c3c1O[C@H]1[C@@H](N(C)C(=O)C=Cc4ccccc4)CC[C@H]4[C@@H](C2)N(CC2CC2O)CC[C@@]341. The maximum absolute atomic E-state index is 13.4. The number of amides is 1. The van der Waals surface area contributed by atoms with Gasteiger partial charge >= 0.3 is 5.97 Å². The van der Waals surface area contributed by atoms with Crippen LogP contribution in [0.5, 0.6) is 11.5 Å². The van der Waals surface area contributed by atoms with Crippen LogP contribution in [0.1, 0.15) is 49.3 Å². The van der Waals surface area contributed by atoms with Gasteiger partial charge in [0.1, 0.15) is 6.10 Å². The summed E-state index contributed by atoms with van der Waals surface area (Å²) in [6.07, 6.45) is 7.82. The Morgan fingerprint density at radius 1 is 1.21 bits per heavy atom. The lowest BCUT2D eigenvalue weighted by molar-refractivity contribution is -0.135. The van der Waals surface area contributed by atoms with Gasteiger partial charge in [-0.15, -0.1) is 0 Å². The number of likely N-dealkylation sites (tertiary alicyclic amines) is 1. The summed E-state index contributed by atoms with van der Waals surface area (Å²) >= 11 is 0. The topological polar surface area (TPSA) is 79.3 Å². The molecule has 0 radical (unpaired) electrons. The number of likely N-dealkylation sites (N-methyl/N-ethyl adjacent to an activating group) is 1. The van der Waals surface area contributed by atoms with Crippen molar-refractivity contribution < 1.29 is 24.2 Å². The highest BCUT2D eigenvalue weighted by Crippen LogP contribution is 2.64. The van der Waals surface area contributed by atoms with Crippen molar-refractivity contribution >= 4 is 18.0 Å². The number of aliphatic hydroxyl groups is 1. The van der Waals surface area contributed by atoms with Gasteiger partial charge in [-0.2, -0.15) is 0 Å². The molecule has 3 fully saturated rings. The number of carbonyl (C=O) groups is 2. The first-order chi connectivity index (χ1) is 18.9. The van der Waals surface area contributed by atoms with Crippen molar-refractivity contribution in [2.24, 2.45) is 11.8 Å². The Morgan fingerprint density at radius 2 is 2.00 bits per heavy atom. The molecule has 2 aromatic carbocycles. The molecule has 7 atom stereocenters. The van der Waals surface area contributed by atoms with Crippen LogP contribution >= 0.6 is 0 Å². The minimum atomic E-state index is -0.361. The molecule has 7 rings (SSSR count). The highest BCUT2D eigenvalue weighted by atomic mass is 16.6. The van der Waals surface area contributed by atoms with Crippen molar-refractivity contribution in [3.63, 3.8) is 0 Å². The third-order valence-electron chi connectivity index (χ3n) is 10.1. The molecule has 7 heteroatoms. The van der Waals surface area contributed by atoms with Gasteiger partial charge in [-0.25, -0.2) is 0 Å². The number of carbonyl (C=O) groups excluding carboxylic acids is 2. The van der Waals surface area contributed by atoms with Gasteiger partial charge in [-0.05, 0) is 67.8 Å². The van der Waals surface area contributed by atoms with E-state index in [0.717, 1.165) is 50.8 Å². The van der Waals surface area contributed by atoms with E-state index >= 15 is 0 Å². The molecule has 0 aromatic heterocycles. The Hall–Kier alpha value is -3.16. The van der Waals surface area contributed by atoms with Gasteiger partial charge in [0.25, 0.3) is 0 Å². The molecule has 2 heterocycles. The second kappa shape index (κ2) is 9.20. The Bertz CT molecular complexity index is 1340. The zero-order chi connectivity index (χ0) is 26.9. The zero-order valence-electron chi connectivity index (χ0n) is 22.6. The summed E-state index contributed by atoms with van der Waals surface area (Å²) in [5.41, 5.74) is 3.25. The molecule has 2 aliphatic heterocycles. The van der Waals surface area contributed by atoms with Crippen LogP contribution in [0.25, 0.3) is 6.08 Å². The Kier molecular flexibility index (Phi) is 5.86. The van der Waals surface area contributed by atoms with E-state index in [1.807, 2.05) is 54.4 Å². The molecule has 5 aliphatic rings. The fourth-order valence-corrected chi connectivity index (χ4v) is 8.19. The number of hydrogen-bond donors (Lipinski definition) is 1. The van der Waals surface area contributed by atoms with Gasteiger partial charge in [-0.3, -0.25) is 14.5 Å². The normalized spacial score (nSPS) is 33.8. The summed E-state index contributed by atoms with van der Waals surface area (Å²) in [5, 5.41) is 10.1. The van der Waals surface area contributed by atoms with Crippen LogP contribution in [-0.4, -0.2) is 71.2 Å². The lowest BCUT2D eigenvalue weighted by Crippen LogP contribution is -2.69. The highest BCUT2D eigenvalue weighted by Gasteiger charge is 2.66. The number of rotatable bonds is 6. The minimum Gasteiger partial charge on any atom is -0.483 e. The summed E-state index contributed by atoms with van der Waals surface area (Å²) in [7, 11) is 1.89. The second-order valence-corrected chi connectivity index (χ2v) is 12.1. The minimum absolute atomic E-state index is 0.0359. The predicted molar refractivity (Wildman–Crippen MR) is 146 cm³/mol. The number of nitrogens with zero attached hydrogens (tertiary/aromatic N) is 2. The van der Waals surface area contributed by atoms with Crippen LogP contribution in [-0.2, 0) is 21.4 Å².